The fourth-order valence-electron chi connectivity index (χ4n) is 2.82. The quantitative estimate of drug-likeness (QED) is 0.488. The maximum absolute atomic E-state index is 13.9. The number of para-hydroxylation sites is 1. The van der Waals surface area contributed by atoms with E-state index >= 15 is 0 Å². The highest BCUT2D eigenvalue weighted by atomic mass is 19.1. The molecule has 0 aliphatic rings. The number of rotatable bonds is 11. The average molecular weight is 396 g/mol. The van der Waals surface area contributed by atoms with Crippen LogP contribution in [0.4, 0.5) is 4.39 Å². The molecule has 0 aliphatic heterocycles. The Hall–Kier alpha value is -3.12. The number of aromatic nitrogens is 1. The Kier molecular flexibility index (Phi) is 7.83. The van der Waals surface area contributed by atoms with Crippen LogP contribution in [0.15, 0.2) is 66.9 Å². The van der Waals surface area contributed by atoms with Gasteiger partial charge in [-0.3, -0.25) is 0 Å². The van der Waals surface area contributed by atoms with Gasteiger partial charge in [0.25, 0.3) is 0 Å². The first kappa shape index (κ1) is 20.6. The van der Waals surface area contributed by atoms with E-state index in [0.29, 0.717) is 36.1 Å². The number of nitrogens with one attached hydrogen (secondary N) is 1. The van der Waals surface area contributed by atoms with Crippen LogP contribution in [0.3, 0.4) is 0 Å². The molecule has 29 heavy (non-hydrogen) atoms. The molecule has 0 aliphatic carbocycles. The molecule has 0 atom stereocenters. The van der Waals surface area contributed by atoms with E-state index in [1.807, 2.05) is 36.4 Å². The zero-order valence-corrected chi connectivity index (χ0v) is 16.4. The number of hydrogen-bond acceptors (Lipinski definition) is 5. The molecule has 0 saturated heterocycles. The van der Waals surface area contributed by atoms with Crippen molar-refractivity contribution < 1.29 is 18.6 Å². The molecule has 0 spiro atoms. The zero-order chi connectivity index (χ0) is 20.3. The first-order valence-electron chi connectivity index (χ1n) is 9.54. The third-order valence-corrected chi connectivity index (χ3v) is 4.31. The van der Waals surface area contributed by atoms with E-state index in [-0.39, 0.29) is 12.4 Å². The zero-order valence-electron chi connectivity index (χ0n) is 16.4. The minimum Gasteiger partial charge on any atom is -0.493 e. The van der Waals surface area contributed by atoms with Gasteiger partial charge in [0.1, 0.15) is 12.4 Å². The van der Waals surface area contributed by atoms with Crippen molar-refractivity contribution in [1.29, 1.82) is 0 Å². The van der Waals surface area contributed by atoms with Gasteiger partial charge in [0, 0.05) is 29.9 Å². The average Bonchev–Trinajstić information content (AvgIpc) is 2.76. The predicted octanol–water partition coefficient (Wildman–Crippen LogP) is 4.37. The van der Waals surface area contributed by atoms with Gasteiger partial charge in [-0.15, -0.1) is 0 Å². The molecular formula is C23H25FN2O3. The monoisotopic (exact) mass is 396 g/mol. The first-order chi connectivity index (χ1) is 14.3. The third kappa shape index (κ3) is 6.19. The molecule has 0 bridgehead atoms. The highest BCUT2D eigenvalue weighted by molar-refractivity contribution is 5.46. The minimum absolute atomic E-state index is 0.137. The number of ether oxygens (including phenoxy) is 3. The van der Waals surface area contributed by atoms with Crippen molar-refractivity contribution in [2.45, 2.75) is 19.6 Å². The molecule has 3 rings (SSSR count). The molecule has 1 N–H and O–H groups in total. The van der Waals surface area contributed by atoms with Crippen molar-refractivity contribution in [2.75, 3.05) is 20.3 Å². The van der Waals surface area contributed by atoms with Crippen molar-refractivity contribution >= 4 is 0 Å². The maximum atomic E-state index is 13.9. The van der Waals surface area contributed by atoms with Crippen LogP contribution in [0.1, 0.15) is 17.5 Å². The van der Waals surface area contributed by atoms with Gasteiger partial charge in [0.2, 0.25) is 5.88 Å². The van der Waals surface area contributed by atoms with Crippen molar-refractivity contribution in [2.24, 2.45) is 0 Å². The smallest absolute Gasteiger partial charge is 0.213 e. The van der Waals surface area contributed by atoms with E-state index in [0.717, 1.165) is 18.5 Å². The first-order valence-corrected chi connectivity index (χ1v) is 9.54. The van der Waals surface area contributed by atoms with E-state index in [9.17, 15) is 4.39 Å². The normalized spacial score (nSPS) is 10.6. The summed E-state index contributed by atoms with van der Waals surface area (Å²) in [5.74, 6) is 1.59. The van der Waals surface area contributed by atoms with Gasteiger partial charge in [0.05, 0.1) is 13.7 Å². The number of benzene rings is 2. The lowest BCUT2D eigenvalue weighted by Gasteiger charge is -2.16. The summed E-state index contributed by atoms with van der Waals surface area (Å²) in [6.07, 6.45) is 2.55. The van der Waals surface area contributed by atoms with Gasteiger partial charge in [-0.05, 0) is 31.2 Å². The molecule has 5 nitrogen and oxygen atoms in total. The lowest BCUT2D eigenvalue weighted by Crippen LogP contribution is -2.18. The molecule has 3 aromatic rings. The van der Waals surface area contributed by atoms with Crippen LogP contribution < -0.4 is 19.5 Å². The summed E-state index contributed by atoms with van der Waals surface area (Å²) < 4.78 is 30.8. The van der Waals surface area contributed by atoms with Crippen molar-refractivity contribution in [1.82, 2.24) is 10.3 Å². The van der Waals surface area contributed by atoms with Crippen LogP contribution in [0.2, 0.25) is 0 Å². The summed E-state index contributed by atoms with van der Waals surface area (Å²) in [7, 11) is 1.59. The largest absolute Gasteiger partial charge is 0.493 e. The summed E-state index contributed by atoms with van der Waals surface area (Å²) in [5.41, 5.74) is 1.45. The van der Waals surface area contributed by atoms with E-state index in [1.165, 1.54) is 6.07 Å². The van der Waals surface area contributed by atoms with E-state index in [2.05, 4.69) is 10.3 Å². The topological polar surface area (TPSA) is 52.6 Å². The van der Waals surface area contributed by atoms with E-state index in [1.54, 1.807) is 31.5 Å². The summed E-state index contributed by atoms with van der Waals surface area (Å²) in [5, 5.41) is 3.38. The third-order valence-electron chi connectivity index (χ3n) is 4.31. The van der Waals surface area contributed by atoms with Crippen molar-refractivity contribution in [3.8, 4) is 17.4 Å². The molecule has 0 saturated carbocycles. The molecule has 6 heteroatoms. The fourth-order valence-corrected chi connectivity index (χ4v) is 2.82. The van der Waals surface area contributed by atoms with Crippen LogP contribution >= 0.6 is 0 Å². The molecule has 0 fully saturated rings. The Morgan fingerprint density at radius 2 is 1.76 bits per heavy atom. The highest BCUT2D eigenvalue weighted by Gasteiger charge is 2.12. The van der Waals surface area contributed by atoms with Crippen LogP contribution in [-0.4, -0.2) is 25.2 Å². The van der Waals surface area contributed by atoms with E-state index < -0.39 is 0 Å². The second kappa shape index (κ2) is 11.0. The predicted molar refractivity (Wildman–Crippen MR) is 110 cm³/mol. The van der Waals surface area contributed by atoms with E-state index in [4.69, 9.17) is 14.2 Å². The molecular weight excluding hydrogens is 371 g/mol. The SMILES string of the molecule is COc1cccc(CNCCCOc2ccccn2)c1OCc1ccccc1F. The second-order valence-electron chi connectivity index (χ2n) is 6.38. The molecule has 0 radical (unpaired) electrons. The van der Waals surface area contributed by atoms with Gasteiger partial charge in [0.15, 0.2) is 11.5 Å². The summed E-state index contributed by atoms with van der Waals surface area (Å²) in [6, 6.07) is 17.9. The molecule has 1 aromatic heterocycles. The Bertz CT molecular complexity index is 890. The van der Waals surface area contributed by atoms with Gasteiger partial charge in [-0.2, -0.15) is 0 Å². The number of methoxy groups -OCH3 is 1. The molecule has 0 amide bonds. The van der Waals surface area contributed by atoms with Gasteiger partial charge < -0.3 is 19.5 Å². The standard InChI is InChI=1S/C23H25FN2O3/c1-27-21-11-6-9-18(23(21)29-17-19-8-2-3-10-20(19)24)16-25-13-7-15-28-22-12-4-5-14-26-22/h2-6,8-12,14,25H,7,13,15-17H2,1H3. The second-order valence-corrected chi connectivity index (χ2v) is 6.38. The fraction of sp³-hybridized carbons (Fsp3) is 0.261. The Morgan fingerprint density at radius 1 is 0.931 bits per heavy atom. The maximum Gasteiger partial charge on any atom is 0.213 e. The van der Waals surface area contributed by atoms with Gasteiger partial charge in [-0.25, -0.2) is 9.37 Å². The summed E-state index contributed by atoms with van der Waals surface area (Å²) in [6.45, 7) is 2.10. The van der Waals surface area contributed by atoms with Crippen LogP contribution in [0, 0.1) is 5.82 Å². The Labute approximate surface area is 170 Å². The highest BCUT2D eigenvalue weighted by Crippen LogP contribution is 2.32. The van der Waals surface area contributed by atoms with Crippen molar-refractivity contribution in [3.05, 3.63) is 83.8 Å². The summed E-state index contributed by atoms with van der Waals surface area (Å²) in [4.78, 5) is 4.13. The lowest BCUT2D eigenvalue weighted by molar-refractivity contribution is 0.275. The molecule has 0 unspecified atom stereocenters. The van der Waals surface area contributed by atoms with Crippen LogP contribution in [-0.2, 0) is 13.2 Å². The lowest BCUT2D eigenvalue weighted by atomic mass is 10.1. The van der Waals surface area contributed by atoms with Gasteiger partial charge >= 0.3 is 0 Å². The molecule has 2 aromatic carbocycles. The molecule has 152 valence electrons. The summed E-state index contributed by atoms with van der Waals surface area (Å²) >= 11 is 0. The van der Waals surface area contributed by atoms with Crippen molar-refractivity contribution in [3.63, 3.8) is 0 Å². The van der Waals surface area contributed by atoms with Crippen LogP contribution in [0.25, 0.3) is 0 Å². The Morgan fingerprint density at radius 3 is 2.55 bits per heavy atom. The van der Waals surface area contributed by atoms with Crippen LogP contribution in [0.5, 0.6) is 17.4 Å². The number of pyridine rings is 1. The number of nitrogens with zero attached hydrogens (tertiary/aromatic N) is 1. The minimum atomic E-state index is -0.282. The molecule has 1 heterocycles. The Balaban J connectivity index is 1.51. The van der Waals surface area contributed by atoms with Gasteiger partial charge in [-0.1, -0.05) is 36.4 Å². The number of halogens is 1. The number of hydrogen-bond donors (Lipinski definition) is 1.